The third-order valence-electron chi connectivity index (χ3n) is 2.47. The predicted molar refractivity (Wildman–Crippen MR) is 79.5 cm³/mol. The molecule has 5 nitrogen and oxygen atoms in total. The summed E-state index contributed by atoms with van der Waals surface area (Å²) < 4.78 is 4.17. The number of likely N-dealkylation sites (N-methyl/N-ethyl adjacent to an activating group) is 1. The van der Waals surface area contributed by atoms with Crippen molar-refractivity contribution in [2.75, 3.05) is 44.1 Å². The van der Waals surface area contributed by atoms with Crippen LogP contribution < -0.4 is 10.6 Å². The fourth-order valence-electron chi connectivity index (χ4n) is 1.51. The van der Waals surface area contributed by atoms with Crippen LogP contribution in [0.1, 0.15) is 13.3 Å². The molecule has 1 heterocycles. The van der Waals surface area contributed by atoms with Crippen molar-refractivity contribution in [3.63, 3.8) is 0 Å². The van der Waals surface area contributed by atoms with Crippen LogP contribution in [-0.4, -0.2) is 48.6 Å². The Morgan fingerprint density at radius 2 is 2.17 bits per heavy atom. The Balaban J connectivity index is 2.93. The van der Waals surface area contributed by atoms with Crippen molar-refractivity contribution in [3.8, 4) is 0 Å². The molecule has 1 rings (SSSR count). The standard InChI is InChI=1S/C11H20N4OS2/c1-5-6-15(7-8(16)14(2)3)11-9(17-4)10(12)13-18-11/h5-7H2,1-4H3,(H2,12,13). The summed E-state index contributed by atoms with van der Waals surface area (Å²) in [6, 6.07) is 0. The molecule has 1 amide bonds. The van der Waals surface area contributed by atoms with Crippen LogP contribution >= 0.6 is 23.3 Å². The van der Waals surface area contributed by atoms with Gasteiger partial charge in [0.25, 0.3) is 0 Å². The second-order valence-electron chi connectivity index (χ2n) is 4.12. The van der Waals surface area contributed by atoms with Crippen LogP contribution in [0.3, 0.4) is 0 Å². The van der Waals surface area contributed by atoms with Gasteiger partial charge < -0.3 is 15.5 Å². The van der Waals surface area contributed by atoms with Crippen LogP contribution in [-0.2, 0) is 4.79 Å². The van der Waals surface area contributed by atoms with Crippen LogP contribution in [0.15, 0.2) is 4.90 Å². The molecular formula is C11H20N4OS2. The molecule has 2 N–H and O–H groups in total. The van der Waals surface area contributed by atoms with E-state index >= 15 is 0 Å². The number of thioether (sulfide) groups is 1. The topological polar surface area (TPSA) is 62.5 Å². The molecule has 0 saturated carbocycles. The van der Waals surface area contributed by atoms with Gasteiger partial charge in [-0.1, -0.05) is 6.92 Å². The van der Waals surface area contributed by atoms with E-state index in [9.17, 15) is 4.79 Å². The van der Waals surface area contributed by atoms with Crippen LogP contribution in [0.5, 0.6) is 0 Å². The highest BCUT2D eigenvalue weighted by molar-refractivity contribution is 7.99. The van der Waals surface area contributed by atoms with Gasteiger partial charge in [-0.25, -0.2) is 0 Å². The minimum atomic E-state index is 0.0856. The zero-order valence-electron chi connectivity index (χ0n) is 11.3. The first kappa shape index (κ1) is 15.1. The number of hydrogen-bond donors (Lipinski definition) is 1. The second-order valence-corrected chi connectivity index (χ2v) is 5.68. The minimum Gasteiger partial charge on any atom is -0.382 e. The third kappa shape index (κ3) is 3.52. The summed E-state index contributed by atoms with van der Waals surface area (Å²) in [5, 5.41) is 0.997. The van der Waals surface area contributed by atoms with E-state index in [2.05, 4.69) is 16.2 Å². The Bertz CT molecular complexity index is 406. The number of carbonyl (C=O) groups excluding carboxylic acids is 1. The van der Waals surface area contributed by atoms with Crippen LogP contribution in [0.25, 0.3) is 0 Å². The summed E-state index contributed by atoms with van der Waals surface area (Å²) in [6.45, 7) is 3.29. The lowest BCUT2D eigenvalue weighted by Gasteiger charge is -2.24. The van der Waals surface area contributed by atoms with Crippen molar-refractivity contribution < 1.29 is 4.79 Å². The zero-order chi connectivity index (χ0) is 13.7. The van der Waals surface area contributed by atoms with E-state index in [1.807, 2.05) is 6.26 Å². The van der Waals surface area contributed by atoms with E-state index in [1.165, 1.54) is 11.5 Å². The monoisotopic (exact) mass is 288 g/mol. The van der Waals surface area contributed by atoms with E-state index in [0.717, 1.165) is 22.9 Å². The highest BCUT2D eigenvalue weighted by atomic mass is 32.2. The van der Waals surface area contributed by atoms with Gasteiger partial charge in [-0.15, -0.1) is 11.8 Å². The highest BCUT2D eigenvalue weighted by Gasteiger charge is 2.19. The van der Waals surface area contributed by atoms with Crippen molar-refractivity contribution in [3.05, 3.63) is 0 Å². The van der Waals surface area contributed by atoms with Gasteiger partial charge in [0, 0.05) is 20.6 Å². The molecule has 0 aromatic carbocycles. The molecule has 0 fully saturated rings. The van der Waals surface area contributed by atoms with Crippen molar-refractivity contribution in [1.82, 2.24) is 9.27 Å². The molecule has 0 bridgehead atoms. The maximum atomic E-state index is 11.8. The molecule has 0 unspecified atom stereocenters. The molecule has 0 radical (unpaired) electrons. The van der Waals surface area contributed by atoms with Gasteiger partial charge in [0.1, 0.15) is 5.00 Å². The Labute approximate surface area is 116 Å². The second kappa shape index (κ2) is 6.84. The lowest BCUT2D eigenvalue weighted by Crippen LogP contribution is -2.37. The molecule has 1 aromatic heterocycles. The van der Waals surface area contributed by atoms with Gasteiger partial charge in [0.15, 0.2) is 5.82 Å². The summed E-state index contributed by atoms with van der Waals surface area (Å²) >= 11 is 2.94. The van der Waals surface area contributed by atoms with Crippen molar-refractivity contribution >= 4 is 40.0 Å². The molecule has 1 aromatic rings. The van der Waals surface area contributed by atoms with Gasteiger partial charge in [-0.3, -0.25) is 4.79 Å². The van der Waals surface area contributed by atoms with Gasteiger partial charge >= 0.3 is 0 Å². The molecule has 0 aliphatic carbocycles. The van der Waals surface area contributed by atoms with Crippen molar-refractivity contribution in [2.45, 2.75) is 18.2 Å². The number of nitrogen functional groups attached to an aromatic ring is 1. The Hall–Kier alpha value is -0.950. The number of amides is 1. The van der Waals surface area contributed by atoms with Crippen LogP contribution in [0.2, 0.25) is 0 Å². The largest absolute Gasteiger partial charge is 0.382 e. The summed E-state index contributed by atoms with van der Waals surface area (Å²) in [4.78, 5) is 16.5. The molecule has 0 aliphatic rings. The predicted octanol–water partition coefficient (Wildman–Crippen LogP) is 1.75. The molecule has 0 saturated heterocycles. The maximum absolute atomic E-state index is 11.8. The quantitative estimate of drug-likeness (QED) is 0.808. The molecule has 18 heavy (non-hydrogen) atoms. The summed E-state index contributed by atoms with van der Waals surface area (Å²) in [5.74, 6) is 0.642. The Morgan fingerprint density at radius 3 is 2.67 bits per heavy atom. The van der Waals surface area contributed by atoms with Crippen molar-refractivity contribution in [1.29, 1.82) is 0 Å². The van der Waals surface area contributed by atoms with Gasteiger partial charge in [-0.2, -0.15) is 4.37 Å². The number of rotatable bonds is 6. The maximum Gasteiger partial charge on any atom is 0.241 e. The number of carbonyl (C=O) groups is 1. The van der Waals surface area contributed by atoms with Crippen LogP contribution in [0, 0.1) is 0 Å². The summed E-state index contributed by atoms with van der Waals surface area (Å²) in [7, 11) is 3.53. The number of nitrogens with two attached hydrogens (primary N) is 1. The lowest BCUT2D eigenvalue weighted by atomic mass is 10.4. The van der Waals surface area contributed by atoms with Crippen LogP contribution in [0.4, 0.5) is 10.8 Å². The number of hydrogen-bond acceptors (Lipinski definition) is 6. The fraction of sp³-hybridized carbons (Fsp3) is 0.636. The van der Waals surface area contributed by atoms with E-state index < -0.39 is 0 Å². The third-order valence-corrected chi connectivity index (χ3v) is 4.33. The number of anilines is 2. The molecular weight excluding hydrogens is 268 g/mol. The minimum absolute atomic E-state index is 0.0856. The lowest BCUT2D eigenvalue weighted by molar-refractivity contribution is -0.127. The molecule has 102 valence electrons. The summed E-state index contributed by atoms with van der Waals surface area (Å²) in [5.41, 5.74) is 5.83. The van der Waals surface area contributed by atoms with E-state index in [0.29, 0.717) is 12.4 Å². The van der Waals surface area contributed by atoms with Gasteiger partial charge in [-0.05, 0) is 24.2 Å². The normalized spacial score (nSPS) is 10.4. The molecule has 0 atom stereocenters. The zero-order valence-corrected chi connectivity index (χ0v) is 12.9. The van der Waals surface area contributed by atoms with E-state index in [1.54, 1.807) is 30.8 Å². The first-order valence-electron chi connectivity index (χ1n) is 5.75. The summed E-state index contributed by atoms with van der Waals surface area (Å²) in [6.07, 6.45) is 2.95. The van der Waals surface area contributed by atoms with Crippen molar-refractivity contribution in [2.24, 2.45) is 0 Å². The van der Waals surface area contributed by atoms with E-state index in [4.69, 9.17) is 5.73 Å². The smallest absolute Gasteiger partial charge is 0.241 e. The Kier molecular flexibility index (Phi) is 5.74. The average Bonchev–Trinajstić information content (AvgIpc) is 2.69. The Morgan fingerprint density at radius 1 is 1.50 bits per heavy atom. The first-order valence-corrected chi connectivity index (χ1v) is 7.75. The molecule has 0 aliphatic heterocycles. The van der Waals surface area contributed by atoms with E-state index in [-0.39, 0.29) is 5.91 Å². The molecule has 7 heteroatoms. The number of aromatic nitrogens is 1. The average molecular weight is 288 g/mol. The highest BCUT2D eigenvalue weighted by Crippen LogP contribution is 2.37. The SMILES string of the molecule is CCCN(CC(=O)N(C)C)c1snc(N)c1SC. The van der Waals surface area contributed by atoms with Gasteiger partial charge in [0.05, 0.1) is 11.4 Å². The fourth-order valence-corrected chi connectivity index (χ4v) is 3.22. The number of nitrogens with zero attached hydrogens (tertiary/aromatic N) is 3. The molecule has 0 spiro atoms. The first-order chi connectivity index (χ1) is 8.51. The van der Waals surface area contributed by atoms with Gasteiger partial charge in [0.2, 0.25) is 5.91 Å².